The fraction of sp³-hybridized carbons (Fsp3) is 0.333. The summed E-state index contributed by atoms with van der Waals surface area (Å²) in [6, 6.07) is 0. The van der Waals surface area contributed by atoms with Gasteiger partial charge in [-0.05, 0) is 6.42 Å². The van der Waals surface area contributed by atoms with Crippen LogP contribution in [0.5, 0.6) is 0 Å². The zero-order valence-electron chi connectivity index (χ0n) is 7.35. The maximum Gasteiger partial charge on any atom is 0.138 e. The van der Waals surface area contributed by atoms with Crippen molar-refractivity contribution in [2.75, 3.05) is 0 Å². The quantitative estimate of drug-likeness (QED) is 0.466. The minimum Gasteiger partial charge on any atom is -0.106 e. The highest BCUT2D eigenvalue weighted by molar-refractivity contribution is 9.24. The predicted octanol–water partition coefficient (Wildman–Crippen LogP) is 4.42. The first-order chi connectivity index (χ1) is 6.02. The Morgan fingerprint density at radius 1 is 1.00 bits per heavy atom. The van der Waals surface area contributed by atoms with Crippen molar-refractivity contribution >= 4 is 55.9 Å². The van der Waals surface area contributed by atoms with Crippen LogP contribution in [0.15, 0.2) is 36.8 Å². The van der Waals surface area contributed by atoms with Gasteiger partial charge in [0.2, 0.25) is 0 Å². The Labute approximate surface area is 107 Å². The topological polar surface area (TPSA) is 0 Å². The van der Waals surface area contributed by atoms with E-state index >= 15 is 0 Å². The third-order valence-corrected chi connectivity index (χ3v) is 8.93. The van der Waals surface area contributed by atoms with E-state index in [9.17, 15) is 0 Å². The maximum atomic E-state index is 3.86. The van der Waals surface area contributed by atoms with Gasteiger partial charge < -0.3 is 0 Å². The summed E-state index contributed by atoms with van der Waals surface area (Å²) in [6.45, 7) is 11.6. The van der Waals surface area contributed by atoms with Crippen molar-refractivity contribution in [2.24, 2.45) is 0 Å². The van der Waals surface area contributed by atoms with Crippen molar-refractivity contribution in [1.29, 1.82) is 0 Å². The average molecular weight is 389 g/mol. The number of alkyl halides is 3. The van der Waals surface area contributed by atoms with E-state index in [4.69, 9.17) is 0 Å². The zero-order chi connectivity index (χ0) is 10.5. The molecule has 0 aliphatic heterocycles. The minimum atomic E-state index is -1.74. The molecule has 13 heavy (non-hydrogen) atoms. The summed E-state index contributed by atoms with van der Waals surface area (Å²) in [5, 5.41) is 0. The molecule has 0 aromatic carbocycles. The second-order valence-electron chi connectivity index (χ2n) is 2.71. The summed E-state index contributed by atoms with van der Waals surface area (Å²) in [7, 11) is -1.74. The third-order valence-electron chi connectivity index (χ3n) is 1.99. The third kappa shape index (κ3) is 3.86. The van der Waals surface area contributed by atoms with Gasteiger partial charge in [-0.15, -0.1) is 19.7 Å². The molecule has 1 atom stereocenters. The molecule has 1 unspecified atom stereocenters. The molecule has 0 amide bonds. The number of halogens is 3. The second kappa shape index (κ2) is 6.38. The molecule has 0 aromatic rings. The van der Waals surface area contributed by atoms with Gasteiger partial charge in [-0.1, -0.05) is 64.9 Å². The molecule has 74 valence electrons. The molecule has 0 radical (unpaired) electrons. The molecule has 0 N–H and O–H groups in total. The summed E-state index contributed by atoms with van der Waals surface area (Å²) in [6.07, 6.45) is 0.982. The van der Waals surface area contributed by atoms with Crippen LogP contribution >= 0.6 is 47.8 Å². The molecule has 0 rings (SSSR count). The molecule has 0 saturated heterocycles. The standard InChI is InChI=1S/C9H13Br3Si/c1-4-13(5-2,6-3)9(12)7-8(10)11/h4-6,8-9H,1-3,7H2. The molecule has 0 fully saturated rings. The lowest BCUT2D eigenvalue weighted by Gasteiger charge is -2.26. The predicted molar refractivity (Wildman–Crippen MR) is 75.3 cm³/mol. The highest BCUT2D eigenvalue weighted by atomic mass is 79.9. The molecule has 0 bridgehead atoms. The summed E-state index contributed by atoms with van der Waals surface area (Å²) in [5.74, 6) is 0. The summed E-state index contributed by atoms with van der Waals surface area (Å²) in [4.78, 5) is 0. The fourth-order valence-electron chi connectivity index (χ4n) is 0.994. The van der Waals surface area contributed by atoms with Crippen molar-refractivity contribution in [3.05, 3.63) is 36.8 Å². The van der Waals surface area contributed by atoms with E-state index in [0.29, 0.717) is 8.19 Å². The van der Waals surface area contributed by atoms with Gasteiger partial charge in [-0.25, -0.2) is 0 Å². The lowest BCUT2D eigenvalue weighted by molar-refractivity contribution is 1.03. The Kier molecular flexibility index (Phi) is 6.81. The molecular weight excluding hydrogens is 376 g/mol. The van der Waals surface area contributed by atoms with Gasteiger partial charge in [0.1, 0.15) is 8.07 Å². The van der Waals surface area contributed by atoms with E-state index in [0.717, 1.165) is 6.42 Å². The van der Waals surface area contributed by atoms with Gasteiger partial charge in [-0.3, -0.25) is 0 Å². The Balaban J connectivity index is 4.62. The van der Waals surface area contributed by atoms with Gasteiger partial charge in [0.15, 0.2) is 0 Å². The van der Waals surface area contributed by atoms with Crippen LogP contribution in [-0.2, 0) is 0 Å². The molecule has 0 saturated carbocycles. The summed E-state index contributed by atoms with van der Waals surface area (Å²) < 4.78 is 0.701. The van der Waals surface area contributed by atoms with Crippen LogP contribution < -0.4 is 0 Å². The van der Waals surface area contributed by atoms with Crippen LogP contribution in [0.2, 0.25) is 0 Å². The van der Waals surface area contributed by atoms with Crippen LogP contribution in [0.4, 0.5) is 0 Å². The van der Waals surface area contributed by atoms with Crippen molar-refractivity contribution in [1.82, 2.24) is 0 Å². The molecule has 0 spiro atoms. The van der Waals surface area contributed by atoms with Gasteiger partial charge >= 0.3 is 0 Å². The molecule has 4 heteroatoms. The Bertz CT molecular complexity index is 179. The van der Waals surface area contributed by atoms with Crippen LogP contribution in [0.3, 0.4) is 0 Å². The molecular formula is C9H13Br3Si. The van der Waals surface area contributed by atoms with Crippen LogP contribution in [0.25, 0.3) is 0 Å². The van der Waals surface area contributed by atoms with Crippen molar-refractivity contribution in [3.63, 3.8) is 0 Å². The van der Waals surface area contributed by atoms with E-state index < -0.39 is 8.07 Å². The number of rotatable bonds is 6. The van der Waals surface area contributed by atoms with Crippen molar-refractivity contribution < 1.29 is 0 Å². The Morgan fingerprint density at radius 3 is 1.62 bits per heavy atom. The largest absolute Gasteiger partial charge is 0.138 e. The van der Waals surface area contributed by atoms with E-state index in [1.54, 1.807) is 0 Å². The van der Waals surface area contributed by atoms with E-state index in [2.05, 4.69) is 67.5 Å². The highest BCUT2D eigenvalue weighted by Gasteiger charge is 2.31. The monoisotopic (exact) mass is 386 g/mol. The SMILES string of the molecule is C=C[Si](C=C)(C=C)C(Br)CC(Br)Br. The van der Waals surface area contributed by atoms with Crippen molar-refractivity contribution in [3.8, 4) is 0 Å². The smallest absolute Gasteiger partial charge is 0.106 e. The molecule has 0 heterocycles. The van der Waals surface area contributed by atoms with Crippen LogP contribution in [0.1, 0.15) is 6.42 Å². The highest BCUT2D eigenvalue weighted by Crippen LogP contribution is 2.28. The minimum absolute atomic E-state index is 0.316. The van der Waals surface area contributed by atoms with Gasteiger partial charge in [0.05, 0.1) is 3.74 Å². The fourth-order valence-corrected chi connectivity index (χ4v) is 7.40. The van der Waals surface area contributed by atoms with Crippen LogP contribution in [0, 0.1) is 0 Å². The lowest BCUT2D eigenvalue weighted by Crippen LogP contribution is -2.39. The molecule has 0 aromatic heterocycles. The van der Waals surface area contributed by atoms with Gasteiger partial charge in [-0.2, -0.15) is 0 Å². The first-order valence-electron chi connectivity index (χ1n) is 3.85. The number of hydrogen-bond donors (Lipinski definition) is 0. The number of hydrogen-bond acceptors (Lipinski definition) is 0. The van der Waals surface area contributed by atoms with E-state index in [1.165, 1.54) is 0 Å². The molecule has 0 aliphatic carbocycles. The zero-order valence-corrected chi connectivity index (χ0v) is 13.1. The average Bonchev–Trinajstić information content (AvgIpc) is 2.07. The van der Waals surface area contributed by atoms with E-state index in [-0.39, 0.29) is 0 Å². The van der Waals surface area contributed by atoms with Gasteiger partial charge in [0.25, 0.3) is 0 Å². The molecule has 0 nitrogen and oxygen atoms in total. The van der Waals surface area contributed by atoms with Crippen LogP contribution in [-0.4, -0.2) is 16.3 Å². The van der Waals surface area contributed by atoms with Gasteiger partial charge in [0, 0.05) is 4.45 Å². The van der Waals surface area contributed by atoms with Crippen molar-refractivity contribution in [2.45, 2.75) is 14.6 Å². The lowest BCUT2D eigenvalue weighted by atomic mass is 10.6. The normalized spacial score (nSPS) is 13.8. The summed E-state index contributed by atoms with van der Waals surface area (Å²) in [5.41, 5.74) is 5.98. The Morgan fingerprint density at radius 2 is 1.38 bits per heavy atom. The first kappa shape index (κ1) is 13.9. The molecule has 0 aliphatic rings. The first-order valence-corrected chi connectivity index (χ1v) is 8.91. The Hall–Kier alpha value is 0.877. The van der Waals surface area contributed by atoms with E-state index in [1.807, 2.05) is 17.1 Å². The maximum absolute atomic E-state index is 3.86. The second-order valence-corrected chi connectivity index (χ2v) is 12.0. The summed E-state index contributed by atoms with van der Waals surface area (Å²) >= 11 is 10.6.